The summed E-state index contributed by atoms with van der Waals surface area (Å²) in [6.07, 6.45) is 6.43. The van der Waals surface area contributed by atoms with Gasteiger partial charge in [0, 0.05) is 12.1 Å². The van der Waals surface area contributed by atoms with Crippen molar-refractivity contribution in [3.63, 3.8) is 0 Å². The van der Waals surface area contributed by atoms with Gasteiger partial charge in [0.05, 0.1) is 17.4 Å². The molecule has 0 spiro atoms. The van der Waals surface area contributed by atoms with Crippen LogP contribution in [0.15, 0.2) is 24.5 Å². The van der Waals surface area contributed by atoms with Crippen LogP contribution in [0.5, 0.6) is 0 Å². The smallest absolute Gasteiger partial charge is 0.0931 e. The van der Waals surface area contributed by atoms with Gasteiger partial charge in [-0.2, -0.15) is 0 Å². The van der Waals surface area contributed by atoms with Crippen LogP contribution in [0.2, 0.25) is 0 Å². The molecule has 1 aromatic heterocycles. The van der Waals surface area contributed by atoms with Crippen LogP contribution in [-0.4, -0.2) is 28.6 Å². The number of aromatic amines is 1. The highest BCUT2D eigenvalue weighted by Gasteiger charge is 2.22. The zero-order valence-corrected chi connectivity index (χ0v) is 10.5. The number of rotatable bonds is 4. The Bertz CT molecular complexity index is 519. The van der Waals surface area contributed by atoms with E-state index in [1.807, 2.05) is 0 Å². The SMILES string of the molecule is NC1CCCC1NCCc1ccc2nc[nH]c2c1. The van der Waals surface area contributed by atoms with Crippen molar-refractivity contribution in [3.8, 4) is 0 Å². The molecule has 0 amide bonds. The second kappa shape index (κ2) is 5.08. The first kappa shape index (κ1) is 11.7. The van der Waals surface area contributed by atoms with Crippen LogP contribution in [0.25, 0.3) is 11.0 Å². The van der Waals surface area contributed by atoms with Crippen LogP contribution in [-0.2, 0) is 6.42 Å². The van der Waals surface area contributed by atoms with Crippen LogP contribution in [0.4, 0.5) is 0 Å². The summed E-state index contributed by atoms with van der Waals surface area (Å²) in [5, 5.41) is 3.57. The average molecular weight is 244 g/mol. The average Bonchev–Trinajstić information content (AvgIpc) is 2.98. The number of nitrogens with one attached hydrogen (secondary N) is 2. The molecule has 1 saturated carbocycles. The van der Waals surface area contributed by atoms with E-state index in [4.69, 9.17) is 5.73 Å². The minimum atomic E-state index is 0.347. The van der Waals surface area contributed by atoms with Crippen LogP contribution >= 0.6 is 0 Å². The molecule has 0 saturated heterocycles. The molecule has 2 unspecified atom stereocenters. The van der Waals surface area contributed by atoms with Crippen molar-refractivity contribution in [2.45, 2.75) is 37.8 Å². The molecule has 1 aliphatic carbocycles. The second-order valence-corrected chi connectivity index (χ2v) is 5.16. The summed E-state index contributed by atoms with van der Waals surface area (Å²) in [5.41, 5.74) is 9.53. The highest BCUT2D eigenvalue weighted by atomic mass is 15.0. The van der Waals surface area contributed by atoms with E-state index >= 15 is 0 Å². The van der Waals surface area contributed by atoms with Gasteiger partial charge in [-0.15, -0.1) is 0 Å². The summed E-state index contributed by atoms with van der Waals surface area (Å²) >= 11 is 0. The lowest BCUT2D eigenvalue weighted by Crippen LogP contribution is -2.41. The molecular weight excluding hydrogens is 224 g/mol. The Morgan fingerprint density at radius 2 is 2.33 bits per heavy atom. The highest BCUT2D eigenvalue weighted by molar-refractivity contribution is 5.75. The van der Waals surface area contributed by atoms with Crippen molar-refractivity contribution in [2.24, 2.45) is 5.73 Å². The van der Waals surface area contributed by atoms with Crippen molar-refractivity contribution >= 4 is 11.0 Å². The van der Waals surface area contributed by atoms with Gasteiger partial charge < -0.3 is 16.0 Å². The lowest BCUT2D eigenvalue weighted by atomic mass is 10.1. The molecule has 96 valence electrons. The first-order valence-corrected chi connectivity index (χ1v) is 6.74. The number of benzene rings is 1. The van der Waals surface area contributed by atoms with Crippen LogP contribution in [0.3, 0.4) is 0 Å². The molecule has 4 nitrogen and oxygen atoms in total. The Hall–Kier alpha value is -1.39. The molecule has 1 aromatic carbocycles. The maximum Gasteiger partial charge on any atom is 0.0931 e. The predicted molar refractivity (Wildman–Crippen MR) is 73.4 cm³/mol. The lowest BCUT2D eigenvalue weighted by Gasteiger charge is -2.17. The number of fused-ring (bicyclic) bond motifs is 1. The molecule has 2 atom stereocenters. The summed E-state index contributed by atoms with van der Waals surface area (Å²) in [5.74, 6) is 0. The minimum absolute atomic E-state index is 0.347. The lowest BCUT2D eigenvalue weighted by molar-refractivity contribution is 0.479. The van der Waals surface area contributed by atoms with Gasteiger partial charge in [0.2, 0.25) is 0 Å². The Morgan fingerprint density at radius 1 is 1.39 bits per heavy atom. The molecule has 3 rings (SSSR count). The molecule has 1 aliphatic rings. The third kappa shape index (κ3) is 2.40. The van der Waals surface area contributed by atoms with Crippen molar-refractivity contribution in [1.82, 2.24) is 15.3 Å². The van der Waals surface area contributed by atoms with E-state index in [1.54, 1.807) is 6.33 Å². The van der Waals surface area contributed by atoms with Crippen LogP contribution in [0, 0.1) is 0 Å². The zero-order valence-electron chi connectivity index (χ0n) is 10.5. The number of H-pyrrole nitrogens is 1. The van der Waals surface area contributed by atoms with Gasteiger partial charge in [0.15, 0.2) is 0 Å². The van der Waals surface area contributed by atoms with E-state index in [2.05, 4.69) is 33.5 Å². The Labute approximate surface area is 107 Å². The normalized spacial score (nSPS) is 23.8. The molecule has 4 heteroatoms. The van der Waals surface area contributed by atoms with E-state index < -0.39 is 0 Å². The second-order valence-electron chi connectivity index (χ2n) is 5.16. The summed E-state index contributed by atoms with van der Waals surface area (Å²) in [6.45, 7) is 0.998. The van der Waals surface area contributed by atoms with E-state index in [0.29, 0.717) is 12.1 Å². The highest BCUT2D eigenvalue weighted by Crippen LogP contribution is 2.17. The number of hydrogen-bond donors (Lipinski definition) is 3. The number of nitrogens with two attached hydrogens (primary N) is 1. The molecular formula is C14H20N4. The van der Waals surface area contributed by atoms with Gasteiger partial charge in [0.25, 0.3) is 0 Å². The minimum Gasteiger partial charge on any atom is -0.345 e. The maximum atomic E-state index is 6.04. The van der Waals surface area contributed by atoms with Gasteiger partial charge in [0.1, 0.15) is 0 Å². The monoisotopic (exact) mass is 244 g/mol. The third-order valence-corrected chi connectivity index (χ3v) is 3.87. The number of hydrogen-bond acceptors (Lipinski definition) is 3. The third-order valence-electron chi connectivity index (χ3n) is 3.87. The van der Waals surface area contributed by atoms with Gasteiger partial charge in [-0.3, -0.25) is 0 Å². The zero-order chi connectivity index (χ0) is 12.4. The summed E-state index contributed by atoms with van der Waals surface area (Å²) in [4.78, 5) is 7.37. The fourth-order valence-corrected chi connectivity index (χ4v) is 2.78. The van der Waals surface area contributed by atoms with Gasteiger partial charge in [-0.25, -0.2) is 4.98 Å². The number of imidazole rings is 1. The van der Waals surface area contributed by atoms with Crippen LogP contribution in [0.1, 0.15) is 24.8 Å². The van der Waals surface area contributed by atoms with Gasteiger partial charge >= 0.3 is 0 Å². The van der Waals surface area contributed by atoms with Crippen molar-refractivity contribution in [3.05, 3.63) is 30.1 Å². The summed E-state index contributed by atoms with van der Waals surface area (Å²) in [7, 11) is 0. The Kier molecular flexibility index (Phi) is 3.30. The van der Waals surface area contributed by atoms with E-state index in [0.717, 1.165) is 30.4 Å². The van der Waals surface area contributed by atoms with Gasteiger partial charge in [-0.1, -0.05) is 12.5 Å². The largest absolute Gasteiger partial charge is 0.345 e. The number of aromatic nitrogens is 2. The molecule has 1 fully saturated rings. The van der Waals surface area contributed by atoms with E-state index in [-0.39, 0.29) is 0 Å². The standard InChI is InChI=1S/C14H20N4/c15-11-2-1-3-12(11)16-7-6-10-4-5-13-14(8-10)18-9-17-13/h4-5,8-9,11-12,16H,1-3,6-7,15H2,(H,17,18). The molecule has 4 N–H and O–H groups in total. The topological polar surface area (TPSA) is 66.7 Å². The number of nitrogens with zero attached hydrogens (tertiary/aromatic N) is 1. The quantitative estimate of drug-likeness (QED) is 0.765. The molecule has 1 heterocycles. The Balaban J connectivity index is 1.56. The Morgan fingerprint density at radius 3 is 3.17 bits per heavy atom. The first-order chi connectivity index (χ1) is 8.83. The fraction of sp³-hybridized carbons (Fsp3) is 0.500. The van der Waals surface area contributed by atoms with Crippen molar-refractivity contribution in [1.29, 1.82) is 0 Å². The molecule has 18 heavy (non-hydrogen) atoms. The fourth-order valence-electron chi connectivity index (χ4n) is 2.78. The molecule has 2 aromatic rings. The molecule has 0 radical (unpaired) electrons. The van der Waals surface area contributed by atoms with Gasteiger partial charge in [-0.05, 0) is 43.5 Å². The summed E-state index contributed by atoms with van der Waals surface area (Å²) in [6, 6.07) is 7.27. The molecule has 0 bridgehead atoms. The summed E-state index contributed by atoms with van der Waals surface area (Å²) < 4.78 is 0. The van der Waals surface area contributed by atoms with E-state index in [9.17, 15) is 0 Å². The predicted octanol–water partition coefficient (Wildman–Crippen LogP) is 1.57. The first-order valence-electron chi connectivity index (χ1n) is 6.74. The van der Waals surface area contributed by atoms with Crippen molar-refractivity contribution in [2.75, 3.05) is 6.54 Å². The molecule has 0 aliphatic heterocycles. The van der Waals surface area contributed by atoms with Crippen molar-refractivity contribution < 1.29 is 0 Å². The van der Waals surface area contributed by atoms with Crippen LogP contribution < -0.4 is 11.1 Å². The maximum absolute atomic E-state index is 6.04. The van der Waals surface area contributed by atoms with E-state index in [1.165, 1.54) is 18.4 Å².